The number of hydrogen-bond acceptors (Lipinski definition) is 7. The molecule has 0 aromatic heterocycles. The first-order valence-electron chi connectivity index (χ1n) is 9.39. The molecule has 32 heavy (non-hydrogen) atoms. The van der Waals surface area contributed by atoms with Gasteiger partial charge in [-0.2, -0.15) is 4.72 Å². The van der Waals surface area contributed by atoms with Gasteiger partial charge in [0.1, 0.15) is 6.54 Å². The molecule has 0 saturated carbocycles. The minimum absolute atomic E-state index is 0.0135. The Morgan fingerprint density at radius 3 is 2.47 bits per heavy atom. The number of amides is 1. The topological polar surface area (TPSA) is 145 Å². The van der Waals surface area contributed by atoms with E-state index in [4.69, 9.17) is 4.74 Å². The summed E-state index contributed by atoms with van der Waals surface area (Å²) in [5.74, 6) is -1.69. The highest BCUT2D eigenvalue weighted by Gasteiger charge is 2.21. The van der Waals surface area contributed by atoms with E-state index in [1.165, 1.54) is 37.3 Å². The third kappa shape index (κ3) is 5.65. The lowest BCUT2D eigenvalue weighted by molar-refractivity contribution is -0.384. The van der Waals surface area contributed by atoms with Crippen molar-refractivity contribution in [2.75, 3.05) is 11.9 Å². The minimum atomic E-state index is -3.98. The van der Waals surface area contributed by atoms with Crippen LogP contribution in [-0.4, -0.2) is 37.9 Å². The van der Waals surface area contributed by atoms with E-state index in [9.17, 15) is 28.1 Å². The summed E-state index contributed by atoms with van der Waals surface area (Å²) in [5, 5.41) is 14.8. The van der Waals surface area contributed by atoms with Gasteiger partial charge in [-0.1, -0.05) is 36.4 Å². The van der Waals surface area contributed by atoms with Gasteiger partial charge in [-0.3, -0.25) is 19.7 Å². The Labute approximate surface area is 183 Å². The predicted octanol–water partition coefficient (Wildman–Crippen LogP) is 2.60. The maximum Gasteiger partial charge on any atom is 0.321 e. The highest BCUT2D eigenvalue weighted by Crippen LogP contribution is 2.19. The van der Waals surface area contributed by atoms with E-state index in [1.54, 1.807) is 18.2 Å². The molecule has 0 saturated heterocycles. The molecule has 0 fully saturated rings. The molecule has 166 valence electrons. The number of anilines is 1. The summed E-state index contributed by atoms with van der Waals surface area (Å²) in [5.41, 5.74) is -0.0559. The van der Waals surface area contributed by atoms with E-state index in [2.05, 4.69) is 10.0 Å². The third-order valence-electron chi connectivity index (χ3n) is 4.44. The van der Waals surface area contributed by atoms with Gasteiger partial charge >= 0.3 is 5.97 Å². The van der Waals surface area contributed by atoms with Crippen molar-refractivity contribution in [3.63, 3.8) is 0 Å². The van der Waals surface area contributed by atoms with Gasteiger partial charge in [-0.15, -0.1) is 0 Å². The molecule has 0 aliphatic rings. The van der Waals surface area contributed by atoms with Gasteiger partial charge in [-0.25, -0.2) is 8.42 Å². The Hall–Kier alpha value is -3.83. The van der Waals surface area contributed by atoms with E-state index in [1.807, 2.05) is 12.1 Å². The van der Waals surface area contributed by atoms with Crippen LogP contribution in [0.15, 0.2) is 71.6 Å². The number of nitrogens with zero attached hydrogens (tertiary/aromatic N) is 1. The lowest BCUT2D eigenvalue weighted by Crippen LogP contribution is -2.35. The maximum atomic E-state index is 12.5. The third-order valence-corrected chi connectivity index (χ3v) is 5.84. The Morgan fingerprint density at radius 1 is 1.03 bits per heavy atom. The highest BCUT2D eigenvalue weighted by atomic mass is 32.2. The first-order chi connectivity index (χ1) is 15.2. The molecule has 2 N–H and O–H groups in total. The molecular weight excluding hydrogens is 438 g/mol. The zero-order chi connectivity index (χ0) is 23.3. The summed E-state index contributed by atoms with van der Waals surface area (Å²) in [6.45, 7) is 0.617. The van der Waals surface area contributed by atoms with Gasteiger partial charge in [0.2, 0.25) is 10.0 Å². The SMILES string of the molecule is C[C@H](OC(=O)CNS(=O)(=O)c1ccc2ccccc2c1)C(=O)Nc1cccc([N+](=O)[O-])c1. The summed E-state index contributed by atoms with van der Waals surface area (Å²) >= 11 is 0. The van der Waals surface area contributed by atoms with E-state index < -0.39 is 39.5 Å². The van der Waals surface area contributed by atoms with E-state index >= 15 is 0 Å². The van der Waals surface area contributed by atoms with E-state index in [0.717, 1.165) is 16.8 Å². The van der Waals surface area contributed by atoms with Crippen molar-refractivity contribution in [1.29, 1.82) is 0 Å². The van der Waals surface area contributed by atoms with Crippen LogP contribution in [0.4, 0.5) is 11.4 Å². The van der Waals surface area contributed by atoms with E-state index in [-0.39, 0.29) is 16.3 Å². The standard InChI is InChI=1S/C21H19N3O7S/c1-14(21(26)23-17-7-4-8-18(12-17)24(27)28)31-20(25)13-22-32(29,30)19-10-9-15-5-2-3-6-16(15)11-19/h2-12,14,22H,13H2,1H3,(H,23,26)/t14-/m0/s1. The molecule has 0 unspecified atom stereocenters. The Kier molecular flexibility index (Phi) is 6.81. The summed E-state index contributed by atoms with van der Waals surface area (Å²) in [6.07, 6.45) is -1.26. The smallest absolute Gasteiger partial charge is 0.321 e. The molecule has 3 aromatic carbocycles. The largest absolute Gasteiger partial charge is 0.452 e. The second kappa shape index (κ2) is 9.54. The fourth-order valence-electron chi connectivity index (χ4n) is 2.81. The Morgan fingerprint density at radius 2 is 1.75 bits per heavy atom. The number of carbonyl (C=O) groups excluding carboxylic acids is 2. The van der Waals surface area contributed by atoms with Crippen LogP contribution in [0, 0.1) is 10.1 Å². The Bertz CT molecular complexity index is 1290. The molecule has 3 aromatic rings. The average molecular weight is 457 g/mol. The van der Waals surface area contributed by atoms with Crippen LogP contribution < -0.4 is 10.0 Å². The minimum Gasteiger partial charge on any atom is -0.452 e. The molecular formula is C21H19N3O7S. The maximum absolute atomic E-state index is 12.5. The number of sulfonamides is 1. The van der Waals surface area contributed by atoms with Crippen LogP contribution in [0.2, 0.25) is 0 Å². The number of nitrogens with one attached hydrogen (secondary N) is 2. The van der Waals surface area contributed by atoms with Gasteiger partial charge in [0.05, 0.1) is 9.82 Å². The molecule has 1 amide bonds. The average Bonchev–Trinajstić information content (AvgIpc) is 2.77. The molecule has 1 atom stereocenters. The highest BCUT2D eigenvalue weighted by molar-refractivity contribution is 7.89. The second-order valence-electron chi connectivity index (χ2n) is 6.76. The van der Waals surface area contributed by atoms with Crippen molar-refractivity contribution in [2.24, 2.45) is 0 Å². The van der Waals surface area contributed by atoms with E-state index in [0.29, 0.717) is 0 Å². The number of fused-ring (bicyclic) bond motifs is 1. The van der Waals surface area contributed by atoms with Gasteiger partial charge in [0.15, 0.2) is 6.10 Å². The quantitative estimate of drug-likeness (QED) is 0.300. The lowest BCUT2D eigenvalue weighted by atomic mass is 10.1. The van der Waals surface area contributed by atoms with Crippen molar-refractivity contribution < 1.29 is 27.7 Å². The van der Waals surface area contributed by atoms with Gasteiger partial charge in [0, 0.05) is 17.8 Å². The molecule has 3 rings (SSSR count). The lowest BCUT2D eigenvalue weighted by Gasteiger charge is -2.14. The second-order valence-corrected chi connectivity index (χ2v) is 8.53. The van der Waals surface area contributed by atoms with Crippen LogP contribution >= 0.6 is 0 Å². The van der Waals surface area contributed by atoms with Crippen molar-refractivity contribution in [2.45, 2.75) is 17.9 Å². The van der Waals surface area contributed by atoms with Gasteiger partial charge in [0.25, 0.3) is 11.6 Å². The van der Waals surface area contributed by atoms with Crippen LogP contribution in [0.1, 0.15) is 6.92 Å². The molecule has 0 radical (unpaired) electrons. The monoisotopic (exact) mass is 457 g/mol. The summed E-state index contributed by atoms with van der Waals surface area (Å²) < 4.78 is 32.0. The number of carbonyl (C=O) groups is 2. The number of ether oxygens (including phenoxy) is 1. The summed E-state index contributed by atoms with van der Waals surface area (Å²) in [4.78, 5) is 34.4. The van der Waals surface area contributed by atoms with Crippen LogP contribution in [0.5, 0.6) is 0 Å². The molecule has 0 aliphatic carbocycles. The number of esters is 1. The number of nitro groups is 1. The molecule has 0 bridgehead atoms. The van der Waals surface area contributed by atoms with Crippen LogP contribution in [0.3, 0.4) is 0 Å². The van der Waals surface area contributed by atoms with Gasteiger partial charge < -0.3 is 10.1 Å². The fourth-order valence-corrected chi connectivity index (χ4v) is 3.81. The van der Waals surface area contributed by atoms with Crippen molar-refractivity contribution in [3.8, 4) is 0 Å². The first kappa shape index (κ1) is 22.8. The summed E-state index contributed by atoms with van der Waals surface area (Å²) in [7, 11) is -3.98. The normalized spacial score (nSPS) is 12.2. The number of hydrogen-bond donors (Lipinski definition) is 2. The summed E-state index contributed by atoms with van der Waals surface area (Å²) in [6, 6.07) is 17.0. The van der Waals surface area contributed by atoms with Crippen LogP contribution in [0.25, 0.3) is 10.8 Å². The van der Waals surface area contributed by atoms with Gasteiger partial charge in [-0.05, 0) is 35.9 Å². The zero-order valence-corrected chi connectivity index (χ0v) is 17.7. The fraction of sp³-hybridized carbons (Fsp3) is 0.143. The Balaban J connectivity index is 1.56. The zero-order valence-electron chi connectivity index (χ0n) is 16.8. The number of non-ortho nitro benzene ring substituents is 1. The van der Waals surface area contributed by atoms with Crippen LogP contribution in [-0.2, 0) is 24.3 Å². The first-order valence-corrected chi connectivity index (χ1v) is 10.9. The number of nitro benzene ring substituents is 1. The van der Waals surface area contributed by atoms with Crippen molar-refractivity contribution >= 4 is 44.0 Å². The molecule has 0 aliphatic heterocycles. The number of benzene rings is 3. The molecule has 11 heteroatoms. The van der Waals surface area contributed by atoms with Crippen molar-refractivity contribution in [1.82, 2.24) is 4.72 Å². The number of rotatable bonds is 8. The molecule has 10 nitrogen and oxygen atoms in total. The molecule has 0 heterocycles. The predicted molar refractivity (Wildman–Crippen MR) is 116 cm³/mol. The van der Waals surface area contributed by atoms with Crippen molar-refractivity contribution in [3.05, 3.63) is 76.8 Å². The molecule has 0 spiro atoms.